The van der Waals surface area contributed by atoms with Crippen molar-refractivity contribution in [2.75, 3.05) is 10.6 Å². The van der Waals surface area contributed by atoms with Gasteiger partial charge in [-0.2, -0.15) is 5.32 Å². The second kappa shape index (κ2) is 4.61. The van der Waals surface area contributed by atoms with E-state index in [4.69, 9.17) is 0 Å². The molecule has 2 N–H and O–H groups in total. The third kappa shape index (κ3) is 2.49. The molecule has 0 bridgehead atoms. The lowest BCUT2D eigenvalue weighted by Crippen LogP contribution is -2.08. The van der Waals surface area contributed by atoms with Crippen LogP contribution in [0.3, 0.4) is 0 Å². The van der Waals surface area contributed by atoms with Gasteiger partial charge in [0.25, 0.3) is 0 Å². The normalized spacial score (nSPS) is 12.6. The van der Waals surface area contributed by atoms with Gasteiger partial charge in [0.2, 0.25) is 0 Å². The molecule has 1 heterocycles. The Morgan fingerprint density at radius 3 is 2.74 bits per heavy atom. The van der Waals surface area contributed by atoms with Crippen molar-refractivity contribution >= 4 is 23.1 Å². The third-order valence-electron chi connectivity index (χ3n) is 2.87. The fraction of sp³-hybridized carbons (Fsp3) is 0.0714. The number of fused-ring (bicyclic) bond motifs is 1. The van der Waals surface area contributed by atoms with E-state index in [1.165, 1.54) is 12.1 Å². The van der Waals surface area contributed by atoms with Gasteiger partial charge in [0.05, 0.1) is 11.4 Å². The number of carbonyl (C=O) groups excluding carboxylic acids is 1. The summed E-state index contributed by atoms with van der Waals surface area (Å²) in [6.45, 7) is 0.584. The number of benzene rings is 2. The summed E-state index contributed by atoms with van der Waals surface area (Å²) in [4.78, 5) is 11.1. The van der Waals surface area contributed by atoms with E-state index >= 15 is 0 Å². The van der Waals surface area contributed by atoms with Gasteiger partial charge >= 0.3 is 6.03 Å². The Balaban J connectivity index is 1.69. The van der Waals surface area contributed by atoms with Crippen LogP contribution in [-0.4, -0.2) is 6.03 Å². The molecule has 5 heteroatoms. The number of nitrogens with one attached hydrogen (secondary N) is 2. The molecule has 19 heavy (non-hydrogen) atoms. The molecule has 0 atom stereocenters. The lowest BCUT2D eigenvalue weighted by molar-refractivity contribution is 0.256. The molecular weight excluding hydrogens is 245 g/mol. The van der Waals surface area contributed by atoms with Gasteiger partial charge in [0, 0.05) is 12.2 Å². The zero-order chi connectivity index (χ0) is 13.2. The van der Waals surface area contributed by atoms with Gasteiger partial charge in [-0.3, -0.25) is 0 Å². The maximum atomic E-state index is 12.8. The lowest BCUT2D eigenvalue weighted by Gasteiger charge is -2.07. The molecule has 0 aliphatic carbocycles. The quantitative estimate of drug-likeness (QED) is 0.885. The molecule has 2 aromatic rings. The van der Waals surface area contributed by atoms with Crippen molar-refractivity contribution in [3.8, 4) is 0 Å². The van der Waals surface area contributed by atoms with Gasteiger partial charge in [-0.25, -0.2) is 9.18 Å². The minimum atomic E-state index is -0.342. The zero-order valence-corrected chi connectivity index (χ0v) is 9.98. The fourth-order valence-corrected chi connectivity index (χ4v) is 1.90. The summed E-state index contributed by atoms with van der Waals surface area (Å²) < 4.78 is 12.8. The predicted molar refractivity (Wildman–Crippen MR) is 71.0 cm³/mol. The van der Waals surface area contributed by atoms with Crippen LogP contribution in [0.15, 0.2) is 42.5 Å². The van der Waals surface area contributed by atoms with Crippen LogP contribution >= 0.6 is 0 Å². The summed E-state index contributed by atoms with van der Waals surface area (Å²) in [5.74, 6) is -0.246. The molecule has 1 aliphatic heterocycles. The maximum absolute atomic E-state index is 12.8. The topological polar surface area (TPSA) is 55.2 Å². The lowest BCUT2D eigenvalue weighted by atomic mass is 10.2. The van der Waals surface area contributed by atoms with E-state index in [2.05, 4.69) is 16.0 Å². The summed E-state index contributed by atoms with van der Waals surface area (Å²) in [6, 6.07) is 11.4. The highest BCUT2D eigenvalue weighted by Gasteiger charge is 2.18. The molecule has 1 radical (unpaired) electrons. The highest BCUT2D eigenvalue weighted by molar-refractivity contribution is 6.02. The molecule has 0 spiro atoms. The monoisotopic (exact) mass is 256 g/mol. The number of nitrogens with zero attached hydrogens (tertiary/aromatic N) is 1. The number of carbonyl (C=O) groups is 1. The van der Waals surface area contributed by atoms with Crippen LogP contribution in [0.4, 0.5) is 26.2 Å². The van der Waals surface area contributed by atoms with Crippen molar-refractivity contribution in [1.82, 2.24) is 5.32 Å². The summed E-state index contributed by atoms with van der Waals surface area (Å²) in [6.07, 6.45) is 0. The average molecular weight is 256 g/mol. The van der Waals surface area contributed by atoms with E-state index in [0.29, 0.717) is 12.2 Å². The second-order valence-electron chi connectivity index (χ2n) is 4.25. The van der Waals surface area contributed by atoms with Crippen LogP contribution in [-0.2, 0) is 6.54 Å². The standard InChI is InChI=1S/C14H11FN3O/c15-10-3-1-9(2-4-10)8-16-11-5-6-12-13(7-11)18-14(19)17-12/h1-7,16H,8H2,(H,17,19). The van der Waals surface area contributed by atoms with Crippen molar-refractivity contribution in [3.05, 3.63) is 53.8 Å². The Morgan fingerprint density at radius 2 is 1.95 bits per heavy atom. The largest absolute Gasteiger partial charge is 0.381 e. The van der Waals surface area contributed by atoms with Crippen molar-refractivity contribution < 1.29 is 9.18 Å². The summed E-state index contributed by atoms with van der Waals surface area (Å²) in [5, 5.41) is 9.67. The number of halogens is 1. The van der Waals surface area contributed by atoms with Gasteiger partial charge in [-0.1, -0.05) is 12.1 Å². The van der Waals surface area contributed by atoms with E-state index in [0.717, 1.165) is 16.9 Å². The number of rotatable bonds is 3. The van der Waals surface area contributed by atoms with E-state index in [-0.39, 0.29) is 11.8 Å². The Hall–Kier alpha value is -2.56. The van der Waals surface area contributed by atoms with Gasteiger partial charge in [0.1, 0.15) is 5.82 Å². The Bertz CT molecular complexity index is 625. The molecule has 0 unspecified atom stereocenters. The second-order valence-corrected chi connectivity index (χ2v) is 4.25. The molecule has 0 aromatic heterocycles. The first-order valence-corrected chi connectivity index (χ1v) is 5.86. The Labute approximate surface area is 109 Å². The van der Waals surface area contributed by atoms with E-state index in [1.54, 1.807) is 24.3 Å². The first kappa shape index (κ1) is 11.5. The van der Waals surface area contributed by atoms with Gasteiger partial charge < -0.3 is 10.6 Å². The maximum Gasteiger partial charge on any atom is 0.346 e. The molecule has 4 nitrogen and oxygen atoms in total. The third-order valence-corrected chi connectivity index (χ3v) is 2.87. The smallest absolute Gasteiger partial charge is 0.346 e. The number of amides is 2. The first-order valence-electron chi connectivity index (χ1n) is 5.86. The fourth-order valence-electron chi connectivity index (χ4n) is 1.90. The van der Waals surface area contributed by atoms with Crippen molar-refractivity contribution in [1.29, 1.82) is 0 Å². The van der Waals surface area contributed by atoms with Crippen LogP contribution in [0.25, 0.3) is 0 Å². The van der Waals surface area contributed by atoms with E-state index in [1.807, 2.05) is 6.07 Å². The SMILES string of the molecule is O=C1[N]c2cc(NCc3ccc(F)cc3)ccc2N1. The molecule has 2 aromatic carbocycles. The highest BCUT2D eigenvalue weighted by atomic mass is 19.1. The van der Waals surface area contributed by atoms with Crippen LogP contribution in [0.2, 0.25) is 0 Å². The molecule has 2 amide bonds. The number of hydrogen-bond donors (Lipinski definition) is 2. The van der Waals surface area contributed by atoms with E-state index in [9.17, 15) is 9.18 Å². The number of hydrogen-bond acceptors (Lipinski definition) is 2. The first-order chi connectivity index (χ1) is 9.20. The minimum Gasteiger partial charge on any atom is -0.381 e. The minimum absolute atomic E-state index is 0.246. The summed E-state index contributed by atoms with van der Waals surface area (Å²) in [5.41, 5.74) is 3.20. The van der Waals surface area contributed by atoms with Crippen LogP contribution in [0.1, 0.15) is 5.56 Å². The van der Waals surface area contributed by atoms with Crippen LogP contribution in [0.5, 0.6) is 0 Å². The molecule has 3 rings (SSSR count). The molecule has 0 saturated heterocycles. The van der Waals surface area contributed by atoms with Crippen molar-refractivity contribution in [3.63, 3.8) is 0 Å². The predicted octanol–water partition coefficient (Wildman–Crippen LogP) is 3.22. The zero-order valence-electron chi connectivity index (χ0n) is 9.98. The van der Waals surface area contributed by atoms with Gasteiger partial charge in [-0.15, -0.1) is 0 Å². The van der Waals surface area contributed by atoms with Crippen LogP contribution < -0.4 is 16.0 Å². The summed E-state index contributed by atoms with van der Waals surface area (Å²) >= 11 is 0. The number of anilines is 2. The molecule has 1 aliphatic rings. The molecule has 0 fully saturated rings. The van der Waals surface area contributed by atoms with Crippen molar-refractivity contribution in [2.45, 2.75) is 6.54 Å². The van der Waals surface area contributed by atoms with Gasteiger partial charge in [-0.05, 0) is 35.9 Å². The Morgan fingerprint density at radius 1 is 1.16 bits per heavy atom. The van der Waals surface area contributed by atoms with Gasteiger partial charge in [0.15, 0.2) is 0 Å². The molecule has 95 valence electrons. The average Bonchev–Trinajstić information content (AvgIpc) is 2.77. The molecule has 0 saturated carbocycles. The van der Waals surface area contributed by atoms with Crippen LogP contribution in [0, 0.1) is 5.82 Å². The summed E-state index contributed by atoms with van der Waals surface area (Å²) in [7, 11) is 0. The van der Waals surface area contributed by atoms with E-state index < -0.39 is 0 Å². The Kier molecular flexibility index (Phi) is 2.79. The highest BCUT2D eigenvalue weighted by Crippen LogP contribution is 2.30. The molecular formula is C14H11FN3O. The number of urea groups is 1. The van der Waals surface area contributed by atoms with Crippen molar-refractivity contribution in [2.24, 2.45) is 0 Å².